The van der Waals surface area contributed by atoms with Crippen molar-refractivity contribution in [3.63, 3.8) is 0 Å². The number of methoxy groups -OCH3 is 1. The third-order valence-corrected chi connectivity index (χ3v) is 2.38. The van der Waals surface area contributed by atoms with E-state index >= 15 is 0 Å². The van der Waals surface area contributed by atoms with Gasteiger partial charge in [-0.25, -0.2) is 4.79 Å². The number of amides is 1. The van der Waals surface area contributed by atoms with E-state index in [1.165, 1.54) is 18.8 Å². The SMILES string of the molecule is COC(=O)C(C)NC(=O)C=C(C)CCC=C(C)C. The molecule has 0 aliphatic heterocycles. The summed E-state index contributed by atoms with van der Waals surface area (Å²) < 4.78 is 4.53. The molecule has 0 saturated carbocycles. The van der Waals surface area contributed by atoms with Gasteiger partial charge in [0.05, 0.1) is 7.11 Å². The summed E-state index contributed by atoms with van der Waals surface area (Å²) in [6.45, 7) is 7.59. The van der Waals surface area contributed by atoms with Crippen LogP contribution in [0.5, 0.6) is 0 Å². The lowest BCUT2D eigenvalue weighted by atomic mass is 10.1. The first-order chi connectivity index (χ1) is 8.36. The molecule has 0 saturated heterocycles. The standard InChI is InChI=1S/C14H23NO3/c1-10(2)7-6-8-11(3)9-13(16)15-12(4)14(17)18-5/h7,9,12H,6,8H2,1-5H3,(H,15,16). The largest absolute Gasteiger partial charge is 0.467 e. The van der Waals surface area contributed by atoms with Crippen LogP contribution in [0, 0.1) is 0 Å². The highest BCUT2D eigenvalue weighted by Gasteiger charge is 2.14. The molecule has 0 heterocycles. The van der Waals surface area contributed by atoms with Crippen molar-refractivity contribution in [3.8, 4) is 0 Å². The third-order valence-electron chi connectivity index (χ3n) is 2.38. The zero-order valence-corrected chi connectivity index (χ0v) is 11.9. The van der Waals surface area contributed by atoms with Crippen molar-refractivity contribution in [2.24, 2.45) is 0 Å². The maximum absolute atomic E-state index is 11.6. The first-order valence-electron chi connectivity index (χ1n) is 6.05. The molecule has 0 rings (SSSR count). The molecule has 0 aliphatic carbocycles. The fourth-order valence-electron chi connectivity index (χ4n) is 1.38. The lowest BCUT2D eigenvalue weighted by Gasteiger charge is -2.09. The maximum Gasteiger partial charge on any atom is 0.328 e. The first-order valence-corrected chi connectivity index (χ1v) is 6.05. The second-order valence-electron chi connectivity index (χ2n) is 4.56. The van der Waals surface area contributed by atoms with Crippen LogP contribution in [0.4, 0.5) is 0 Å². The molecule has 1 unspecified atom stereocenters. The molecule has 18 heavy (non-hydrogen) atoms. The predicted octanol–water partition coefficient (Wildman–Crippen LogP) is 2.36. The fourth-order valence-corrected chi connectivity index (χ4v) is 1.38. The smallest absolute Gasteiger partial charge is 0.328 e. The van der Waals surface area contributed by atoms with Gasteiger partial charge in [0, 0.05) is 6.08 Å². The van der Waals surface area contributed by atoms with E-state index in [2.05, 4.69) is 16.1 Å². The molecule has 0 bridgehead atoms. The minimum absolute atomic E-state index is 0.261. The number of nitrogens with one attached hydrogen (secondary N) is 1. The van der Waals surface area contributed by atoms with E-state index in [-0.39, 0.29) is 5.91 Å². The zero-order chi connectivity index (χ0) is 14.1. The number of rotatable bonds is 6. The van der Waals surface area contributed by atoms with Gasteiger partial charge in [0.1, 0.15) is 6.04 Å². The molecule has 0 aromatic carbocycles. The molecule has 1 atom stereocenters. The lowest BCUT2D eigenvalue weighted by molar-refractivity contribution is -0.144. The average Bonchev–Trinajstić information content (AvgIpc) is 2.26. The van der Waals surface area contributed by atoms with Gasteiger partial charge in [-0.2, -0.15) is 0 Å². The van der Waals surface area contributed by atoms with Crippen LogP contribution < -0.4 is 5.32 Å². The van der Waals surface area contributed by atoms with Crippen LogP contribution >= 0.6 is 0 Å². The Hall–Kier alpha value is -1.58. The van der Waals surface area contributed by atoms with E-state index in [0.717, 1.165) is 18.4 Å². The summed E-state index contributed by atoms with van der Waals surface area (Å²) in [4.78, 5) is 22.7. The van der Waals surface area contributed by atoms with Gasteiger partial charge in [-0.3, -0.25) is 4.79 Å². The van der Waals surface area contributed by atoms with Gasteiger partial charge < -0.3 is 10.1 Å². The van der Waals surface area contributed by atoms with E-state index in [9.17, 15) is 9.59 Å². The summed E-state index contributed by atoms with van der Waals surface area (Å²) in [6.07, 6.45) is 5.42. The minimum atomic E-state index is -0.621. The molecule has 0 radical (unpaired) electrons. The number of carbonyl (C=O) groups excluding carboxylic acids is 2. The first kappa shape index (κ1) is 16.4. The third kappa shape index (κ3) is 7.65. The van der Waals surface area contributed by atoms with Crippen LogP contribution in [0.2, 0.25) is 0 Å². The van der Waals surface area contributed by atoms with Crippen LogP contribution in [0.3, 0.4) is 0 Å². The van der Waals surface area contributed by atoms with E-state index in [1.807, 2.05) is 20.8 Å². The number of hydrogen-bond donors (Lipinski definition) is 1. The number of allylic oxidation sites excluding steroid dienone is 3. The molecule has 4 nitrogen and oxygen atoms in total. The molecule has 1 N–H and O–H groups in total. The van der Waals surface area contributed by atoms with Gasteiger partial charge in [0.2, 0.25) is 5.91 Å². The Bertz CT molecular complexity index is 352. The number of esters is 1. The van der Waals surface area contributed by atoms with Gasteiger partial charge in [0.25, 0.3) is 0 Å². The minimum Gasteiger partial charge on any atom is -0.467 e. The summed E-state index contributed by atoms with van der Waals surface area (Å²) >= 11 is 0. The molecule has 0 aliphatic rings. The molecule has 1 amide bonds. The quantitative estimate of drug-likeness (QED) is 0.449. The van der Waals surface area contributed by atoms with Crippen molar-refractivity contribution in [1.29, 1.82) is 0 Å². The second kappa shape index (κ2) is 8.50. The molecule has 4 heteroatoms. The van der Waals surface area contributed by atoms with Gasteiger partial charge in [-0.1, -0.05) is 17.2 Å². The Labute approximate surface area is 109 Å². The Balaban J connectivity index is 4.20. The van der Waals surface area contributed by atoms with Gasteiger partial charge >= 0.3 is 5.97 Å². The molecule has 0 aromatic heterocycles. The predicted molar refractivity (Wildman–Crippen MR) is 72.0 cm³/mol. The van der Waals surface area contributed by atoms with Crippen molar-refractivity contribution in [1.82, 2.24) is 5.32 Å². The van der Waals surface area contributed by atoms with Gasteiger partial charge in [-0.15, -0.1) is 0 Å². The highest BCUT2D eigenvalue weighted by Crippen LogP contribution is 2.06. The number of hydrogen-bond acceptors (Lipinski definition) is 3. The van der Waals surface area contributed by atoms with E-state index in [1.54, 1.807) is 6.92 Å². The Morgan fingerprint density at radius 2 is 1.89 bits per heavy atom. The molecule has 0 spiro atoms. The number of carbonyl (C=O) groups is 2. The van der Waals surface area contributed by atoms with Crippen LogP contribution in [0.25, 0.3) is 0 Å². The molecule has 0 fully saturated rings. The summed E-state index contributed by atoms with van der Waals surface area (Å²) in [5.41, 5.74) is 2.26. The van der Waals surface area contributed by atoms with Crippen molar-refractivity contribution in [2.75, 3.05) is 7.11 Å². The summed E-state index contributed by atoms with van der Waals surface area (Å²) in [7, 11) is 1.30. The van der Waals surface area contributed by atoms with E-state index in [4.69, 9.17) is 0 Å². The highest BCUT2D eigenvalue weighted by atomic mass is 16.5. The highest BCUT2D eigenvalue weighted by molar-refractivity contribution is 5.91. The fraction of sp³-hybridized carbons (Fsp3) is 0.571. The average molecular weight is 253 g/mol. The van der Waals surface area contributed by atoms with Crippen molar-refractivity contribution >= 4 is 11.9 Å². The molecular formula is C14H23NO3. The second-order valence-corrected chi connectivity index (χ2v) is 4.56. The lowest BCUT2D eigenvalue weighted by Crippen LogP contribution is -2.38. The van der Waals surface area contributed by atoms with Crippen molar-refractivity contribution < 1.29 is 14.3 Å². The summed E-state index contributed by atoms with van der Waals surface area (Å²) in [5, 5.41) is 2.56. The van der Waals surface area contributed by atoms with Crippen LogP contribution in [-0.2, 0) is 14.3 Å². The Morgan fingerprint density at radius 1 is 1.28 bits per heavy atom. The Morgan fingerprint density at radius 3 is 2.39 bits per heavy atom. The summed E-state index contributed by atoms with van der Waals surface area (Å²) in [5.74, 6) is -0.707. The van der Waals surface area contributed by atoms with E-state index < -0.39 is 12.0 Å². The molecule has 102 valence electrons. The normalized spacial score (nSPS) is 12.6. The van der Waals surface area contributed by atoms with Crippen LogP contribution in [0.1, 0.15) is 40.5 Å². The molecular weight excluding hydrogens is 230 g/mol. The van der Waals surface area contributed by atoms with Crippen LogP contribution in [0.15, 0.2) is 23.3 Å². The maximum atomic E-state index is 11.6. The number of ether oxygens (including phenoxy) is 1. The summed E-state index contributed by atoms with van der Waals surface area (Å²) in [6, 6.07) is -0.621. The van der Waals surface area contributed by atoms with Gasteiger partial charge in [0.15, 0.2) is 0 Å². The monoisotopic (exact) mass is 253 g/mol. The Kier molecular flexibility index (Phi) is 7.76. The molecule has 0 aromatic rings. The van der Waals surface area contributed by atoms with Crippen molar-refractivity contribution in [3.05, 3.63) is 23.3 Å². The van der Waals surface area contributed by atoms with E-state index in [0.29, 0.717) is 0 Å². The van der Waals surface area contributed by atoms with Crippen molar-refractivity contribution in [2.45, 2.75) is 46.6 Å². The van der Waals surface area contributed by atoms with Gasteiger partial charge in [-0.05, 0) is 40.5 Å². The van der Waals surface area contributed by atoms with Crippen LogP contribution in [-0.4, -0.2) is 25.0 Å². The topological polar surface area (TPSA) is 55.4 Å². The zero-order valence-electron chi connectivity index (χ0n) is 11.9.